The molecule has 2 N–H and O–H groups in total. The normalized spacial score (nSPS) is 11.5. The van der Waals surface area contributed by atoms with Crippen molar-refractivity contribution in [3.05, 3.63) is 95.2 Å². The van der Waals surface area contributed by atoms with Gasteiger partial charge in [0.15, 0.2) is 0 Å². The zero-order valence-corrected chi connectivity index (χ0v) is 18.8. The van der Waals surface area contributed by atoms with E-state index in [1.165, 1.54) is 6.92 Å². The molecule has 0 atom stereocenters. The number of nitrogens with two attached hydrogens (primary N) is 1. The van der Waals surface area contributed by atoms with Crippen LogP contribution in [0.1, 0.15) is 41.0 Å². The lowest BCUT2D eigenvalue weighted by atomic mass is 9.97. The number of para-hydroxylation sites is 1. The third kappa shape index (κ3) is 4.41. The number of benzene rings is 3. The molecule has 0 spiro atoms. The molecule has 0 saturated carbocycles. The largest absolute Gasteiger partial charge is 0.399 e. The van der Waals surface area contributed by atoms with Crippen LogP contribution < -0.4 is 5.73 Å². The van der Waals surface area contributed by atoms with Crippen LogP contribution in [0.5, 0.6) is 0 Å². The lowest BCUT2D eigenvalue weighted by molar-refractivity contribution is -0.140. The average molecular weight is 440 g/mol. The Morgan fingerprint density at radius 3 is 2.30 bits per heavy atom. The van der Waals surface area contributed by atoms with Crippen LogP contribution in [-0.4, -0.2) is 22.0 Å². The van der Waals surface area contributed by atoms with E-state index in [2.05, 4.69) is 28.8 Å². The summed E-state index contributed by atoms with van der Waals surface area (Å²) < 4.78 is 2.09. The Balaban J connectivity index is 2.00. The fourth-order valence-corrected chi connectivity index (χ4v) is 3.98. The van der Waals surface area contributed by atoms with Gasteiger partial charge < -0.3 is 15.1 Å². The first kappa shape index (κ1) is 22.0. The number of aryl methyl sites for hydroxylation is 1. The van der Waals surface area contributed by atoms with Gasteiger partial charge in [0.05, 0.1) is 11.1 Å². The summed E-state index contributed by atoms with van der Waals surface area (Å²) in [4.78, 5) is 29.6. The number of anilines is 1. The van der Waals surface area contributed by atoms with E-state index in [1.54, 1.807) is 6.92 Å². The highest BCUT2D eigenvalue weighted by atomic mass is 16.7. The van der Waals surface area contributed by atoms with Crippen LogP contribution in [0.15, 0.2) is 78.0 Å². The summed E-state index contributed by atoms with van der Waals surface area (Å²) >= 11 is 0. The summed E-state index contributed by atoms with van der Waals surface area (Å²) in [6.07, 6.45) is 0.535. The van der Waals surface area contributed by atoms with Crippen molar-refractivity contribution in [1.82, 2.24) is 4.57 Å². The quantitative estimate of drug-likeness (QED) is 0.146. The maximum atomic E-state index is 13.6. The molecule has 0 unspecified atom stereocenters. The van der Waals surface area contributed by atoms with Crippen LogP contribution in [0.2, 0.25) is 0 Å². The Kier molecular flexibility index (Phi) is 6.09. The molecule has 0 aliphatic carbocycles. The van der Waals surface area contributed by atoms with Crippen LogP contribution in [0.3, 0.4) is 0 Å². The number of hydrogen-bond donors (Lipinski definition) is 1. The molecule has 4 rings (SSSR count). The highest BCUT2D eigenvalue weighted by Gasteiger charge is 2.25. The molecular formula is C27H25N3O3. The highest BCUT2D eigenvalue weighted by Crippen LogP contribution is 2.33. The molecule has 6 nitrogen and oxygen atoms in total. The molecule has 0 bridgehead atoms. The van der Waals surface area contributed by atoms with Crippen LogP contribution in [0.4, 0.5) is 5.69 Å². The SMILES string of the molecule is CC(=O)O/N=C(\C)C(=O)c1c(Cc2ccccc2C)n(-c2ccc(N)cc2)c2ccccc12. The number of carbonyl (C=O) groups is 2. The van der Waals surface area contributed by atoms with Gasteiger partial charge in [-0.25, -0.2) is 4.79 Å². The van der Waals surface area contributed by atoms with Gasteiger partial charge in [-0.2, -0.15) is 0 Å². The van der Waals surface area contributed by atoms with Crippen molar-refractivity contribution < 1.29 is 14.4 Å². The van der Waals surface area contributed by atoms with Gasteiger partial charge in [-0.05, 0) is 55.3 Å². The topological polar surface area (TPSA) is 86.7 Å². The molecule has 0 saturated heterocycles. The molecule has 0 fully saturated rings. The van der Waals surface area contributed by atoms with Crippen molar-refractivity contribution >= 4 is 34.1 Å². The van der Waals surface area contributed by atoms with Crippen LogP contribution in [0, 0.1) is 6.92 Å². The fourth-order valence-electron chi connectivity index (χ4n) is 3.98. The minimum Gasteiger partial charge on any atom is -0.399 e. The van der Waals surface area contributed by atoms with Crippen LogP contribution in [0.25, 0.3) is 16.6 Å². The standard InChI is InChI=1S/C27H25N3O3/c1-17-8-4-5-9-20(17)16-25-26(27(32)18(2)29-33-19(3)31)23-10-6-7-11-24(23)30(25)22-14-12-21(28)13-15-22/h4-15H,16,28H2,1-3H3/b29-18+. The van der Waals surface area contributed by atoms with Gasteiger partial charge in [0.1, 0.15) is 5.71 Å². The second-order valence-electron chi connectivity index (χ2n) is 7.96. The highest BCUT2D eigenvalue weighted by molar-refractivity contribution is 6.47. The van der Waals surface area contributed by atoms with Gasteiger partial charge in [-0.15, -0.1) is 0 Å². The minimum absolute atomic E-state index is 0.108. The maximum Gasteiger partial charge on any atom is 0.331 e. The number of carbonyl (C=O) groups excluding carboxylic acids is 2. The molecule has 33 heavy (non-hydrogen) atoms. The van der Waals surface area contributed by atoms with Gasteiger partial charge >= 0.3 is 5.97 Å². The van der Waals surface area contributed by atoms with Crippen LogP contribution in [-0.2, 0) is 16.1 Å². The maximum absolute atomic E-state index is 13.6. The second kappa shape index (κ2) is 9.12. The molecule has 0 aliphatic heterocycles. The number of nitrogens with zero attached hydrogens (tertiary/aromatic N) is 2. The van der Waals surface area contributed by atoms with E-state index in [4.69, 9.17) is 10.6 Å². The Bertz CT molecular complexity index is 1380. The Hall–Kier alpha value is -4.19. The number of ketones is 1. The van der Waals surface area contributed by atoms with E-state index >= 15 is 0 Å². The Labute approximate surface area is 192 Å². The van der Waals surface area contributed by atoms with Crippen molar-refractivity contribution in [2.75, 3.05) is 5.73 Å². The minimum atomic E-state index is -0.577. The summed E-state index contributed by atoms with van der Waals surface area (Å²) in [6.45, 7) is 4.86. The molecule has 0 radical (unpaired) electrons. The molecule has 1 heterocycles. The van der Waals surface area contributed by atoms with Gasteiger partial charge in [0, 0.05) is 35.8 Å². The first-order valence-electron chi connectivity index (χ1n) is 10.7. The third-order valence-corrected chi connectivity index (χ3v) is 5.61. The first-order valence-corrected chi connectivity index (χ1v) is 10.7. The van der Waals surface area contributed by atoms with Crippen molar-refractivity contribution in [2.24, 2.45) is 5.16 Å². The summed E-state index contributed by atoms with van der Waals surface area (Å²) in [5, 5.41) is 4.56. The van der Waals surface area contributed by atoms with Gasteiger partial charge in [0.25, 0.3) is 0 Å². The number of fused-ring (bicyclic) bond motifs is 1. The predicted octanol–water partition coefficient (Wildman–Crippen LogP) is 5.23. The lowest BCUT2D eigenvalue weighted by Crippen LogP contribution is -2.15. The Morgan fingerprint density at radius 2 is 1.61 bits per heavy atom. The van der Waals surface area contributed by atoms with Gasteiger partial charge in [-0.3, -0.25) is 4.79 Å². The summed E-state index contributed by atoms with van der Waals surface area (Å²) in [6, 6.07) is 23.4. The van der Waals surface area contributed by atoms with E-state index in [1.807, 2.05) is 60.7 Å². The fraction of sp³-hybridized carbons (Fsp3) is 0.148. The third-order valence-electron chi connectivity index (χ3n) is 5.61. The second-order valence-corrected chi connectivity index (χ2v) is 7.96. The van der Waals surface area contributed by atoms with E-state index in [0.717, 1.165) is 33.4 Å². The van der Waals surface area contributed by atoms with Gasteiger partial charge in [0.2, 0.25) is 5.78 Å². The number of Topliss-reactive ketones (excluding diaryl/α,β-unsaturated/α-hetero) is 1. The van der Waals surface area contributed by atoms with E-state index in [-0.39, 0.29) is 11.5 Å². The molecule has 1 aromatic heterocycles. The molecule has 3 aromatic carbocycles. The smallest absolute Gasteiger partial charge is 0.331 e. The molecule has 0 aliphatic rings. The molecule has 4 aromatic rings. The average Bonchev–Trinajstić information content (AvgIpc) is 3.12. The van der Waals surface area contributed by atoms with Crippen molar-refractivity contribution in [1.29, 1.82) is 0 Å². The number of hydrogen-bond acceptors (Lipinski definition) is 5. The monoisotopic (exact) mass is 439 g/mol. The number of rotatable bonds is 6. The van der Waals surface area contributed by atoms with Crippen LogP contribution >= 0.6 is 0 Å². The number of aromatic nitrogens is 1. The molecule has 166 valence electrons. The summed E-state index contributed by atoms with van der Waals surface area (Å²) in [7, 11) is 0. The van der Waals surface area contributed by atoms with Crippen molar-refractivity contribution in [3.8, 4) is 5.69 Å². The molecule has 0 amide bonds. The zero-order chi connectivity index (χ0) is 23.5. The predicted molar refractivity (Wildman–Crippen MR) is 131 cm³/mol. The van der Waals surface area contributed by atoms with Crippen molar-refractivity contribution in [3.63, 3.8) is 0 Å². The lowest BCUT2D eigenvalue weighted by Gasteiger charge is -2.14. The molecule has 6 heteroatoms. The van der Waals surface area contributed by atoms with E-state index in [0.29, 0.717) is 17.7 Å². The first-order chi connectivity index (χ1) is 15.9. The Morgan fingerprint density at radius 1 is 0.939 bits per heavy atom. The summed E-state index contributed by atoms with van der Waals surface area (Å²) in [5.74, 6) is -0.864. The van der Waals surface area contributed by atoms with Crippen molar-refractivity contribution in [2.45, 2.75) is 27.2 Å². The molecular weight excluding hydrogens is 414 g/mol. The zero-order valence-electron chi connectivity index (χ0n) is 18.8. The number of oxime groups is 1. The van der Waals surface area contributed by atoms with E-state index < -0.39 is 5.97 Å². The number of nitrogen functional groups attached to an aromatic ring is 1. The van der Waals surface area contributed by atoms with Gasteiger partial charge in [-0.1, -0.05) is 47.6 Å². The van der Waals surface area contributed by atoms with E-state index in [9.17, 15) is 9.59 Å². The summed E-state index contributed by atoms with van der Waals surface area (Å²) in [5.41, 5.74) is 12.1.